The Hall–Kier alpha value is -3.91. The van der Waals surface area contributed by atoms with E-state index in [1.54, 1.807) is 61.7 Å². The van der Waals surface area contributed by atoms with Gasteiger partial charge in [0, 0.05) is 25.8 Å². The SMILES string of the molecule is C=CCOc1ccc(C(O)=C2C(=O)C(=O)N(CCCOC)[C@H]2c2ccc(C(=O)OC)cc2)cc1. The van der Waals surface area contributed by atoms with Gasteiger partial charge in [0.2, 0.25) is 0 Å². The van der Waals surface area contributed by atoms with Crippen molar-refractivity contribution in [3.05, 3.63) is 83.4 Å². The molecule has 1 atom stereocenters. The van der Waals surface area contributed by atoms with Crippen LogP contribution in [0.5, 0.6) is 5.75 Å². The van der Waals surface area contributed by atoms with Crippen molar-refractivity contribution in [1.29, 1.82) is 0 Å². The summed E-state index contributed by atoms with van der Waals surface area (Å²) < 4.78 is 15.3. The van der Waals surface area contributed by atoms with Gasteiger partial charge in [-0.15, -0.1) is 0 Å². The van der Waals surface area contributed by atoms with Gasteiger partial charge in [0.05, 0.1) is 24.3 Å². The minimum Gasteiger partial charge on any atom is -0.507 e. The molecule has 0 saturated carbocycles. The van der Waals surface area contributed by atoms with E-state index >= 15 is 0 Å². The quantitative estimate of drug-likeness (QED) is 0.143. The summed E-state index contributed by atoms with van der Waals surface area (Å²) in [6.45, 7) is 4.60. The normalized spacial score (nSPS) is 17.0. The summed E-state index contributed by atoms with van der Waals surface area (Å²) in [5, 5.41) is 11.1. The molecule has 2 aromatic rings. The van der Waals surface area contributed by atoms with Crippen LogP contribution in [-0.4, -0.2) is 61.6 Å². The number of ether oxygens (including phenoxy) is 3. The summed E-state index contributed by atoms with van der Waals surface area (Å²) in [7, 11) is 2.84. The molecule has 1 amide bonds. The van der Waals surface area contributed by atoms with Crippen LogP contribution in [-0.2, 0) is 19.1 Å². The second-order valence-corrected chi connectivity index (χ2v) is 7.58. The number of esters is 1. The first-order chi connectivity index (χ1) is 16.4. The van der Waals surface area contributed by atoms with Crippen LogP contribution in [0.2, 0.25) is 0 Å². The van der Waals surface area contributed by atoms with E-state index in [2.05, 4.69) is 6.58 Å². The summed E-state index contributed by atoms with van der Waals surface area (Å²) in [6, 6.07) is 12.1. The highest BCUT2D eigenvalue weighted by Crippen LogP contribution is 2.39. The number of rotatable bonds is 10. The number of hydrogen-bond donors (Lipinski definition) is 1. The number of nitrogens with zero attached hydrogens (tertiary/aromatic N) is 1. The molecule has 1 aliphatic heterocycles. The molecule has 2 aromatic carbocycles. The first-order valence-corrected chi connectivity index (χ1v) is 10.7. The molecular weight excluding hydrogens is 438 g/mol. The van der Waals surface area contributed by atoms with Crippen LogP contribution in [0.15, 0.2) is 66.8 Å². The minimum atomic E-state index is -0.819. The molecule has 1 heterocycles. The van der Waals surface area contributed by atoms with E-state index in [1.165, 1.54) is 12.0 Å². The molecule has 0 radical (unpaired) electrons. The number of carbonyl (C=O) groups is 3. The largest absolute Gasteiger partial charge is 0.507 e. The van der Waals surface area contributed by atoms with Crippen LogP contribution < -0.4 is 4.74 Å². The average molecular weight is 466 g/mol. The van der Waals surface area contributed by atoms with E-state index in [9.17, 15) is 19.5 Å². The molecule has 1 aliphatic rings. The van der Waals surface area contributed by atoms with Crippen molar-refractivity contribution in [3.63, 3.8) is 0 Å². The minimum absolute atomic E-state index is 0.0204. The zero-order chi connectivity index (χ0) is 24.7. The molecule has 0 unspecified atom stereocenters. The Morgan fingerprint density at radius 1 is 1.06 bits per heavy atom. The highest BCUT2D eigenvalue weighted by atomic mass is 16.5. The van der Waals surface area contributed by atoms with Gasteiger partial charge >= 0.3 is 5.97 Å². The summed E-state index contributed by atoms with van der Waals surface area (Å²) >= 11 is 0. The molecule has 0 aromatic heterocycles. The summed E-state index contributed by atoms with van der Waals surface area (Å²) in [5.74, 6) is -1.69. The lowest BCUT2D eigenvalue weighted by molar-refractivity contribution is -0.140. The molecule has 1 saturated heterocycles. The zero-order valence-corrected chi connectivity index (χ0v) is 19.2. The van der Waals surface area contributed by atoms with Crippen LogP contribution in [0.3, 0.4) is 0 Å². The van der Waals surface area contributed by atoms with Crippen LogP contribution in [0.4, 0.5) is 0 Å². The summed E-state index contributed by atoms with van der Waals surface area (Å²) in [5.41, 5.74) is 1.26. The highest BCUT2D eigenvalue weighted by Gasteiger charge is 2.45. The Kier molecular flexibility index (Phi) is 8.21. The lowest BCUT2D eigenvalue weighted by Gasteiger charge is -2.25. The Labute approximate surface area is 198 Å². The Bertz CT molecular complexity index is 1090. The van der Waals surface area contributed by atoms with Crippen molar-refractivity contribution in [3.8, 4) is 5.75 Å². The van der Waals surface area contributed by atoms with Gasteiger partial charge in [-0.3, -0.25) is 9.59 Å². The topological polar surface area (TPSA) is 102 Å². The van der Waals surface area contributed by atoms with Gasteiger partial charge < -0.3 is 24.2 Å². The van der Waals surface area contributed by atoms with Crippen molar-refractivity contribution in [2.45, 2.75) is 12.5 Å². The maximum Gasteiger partial charge on any atom is 0.337 e. The van der Waals surface area contributed by atoms with Crippen molar-refractivity contribution < 1.29 is 33.7 Å². The van der Waals surface area contributed by atoms with E-state index in [1.807, 2.05) is 0 Å². The van der Waals surface area contributed by atoms with Gasteiger partial charge in [-0.25, -0.2) is 4.79 Å². The number of carbonyl (C=O) groups excluding carboxylic acids is 3. The number of hydrogen-bond acceptors (Lipinski definition) is 7. The number of methoxy groups -OCH3 is 2. The third-order valence-electron chi connectivity index (χ3n) is 5.43. The summed E-state index contributed by atoms with van der Waals surface area (Å²) in [6.07, 6.45) is 2.13. The molecule has 0 spiro atoms. The summed E-state index contributed by atoms with van der Waals surface area (Å²) in [4.78, 5) is 39.2. The number of benzene rings is 2. The van der Waals surface area contributed by atoms with Crippen molar-refractivity contribution >= 4 is 23.4 Å². The predicted octanol–water partition coefficient (Wildman–Crippen LogP) is 3.50. The molecule has 1 fully saturated rings. The fourth-order valence-electron chi connectivity index (χ4n) is 3.78. The fraction of sp³-hybridized carbons (Fsp3) is 0.269. The fourth-order valence-corrected chi connectivity index (χ4v) is 3.78. The number of aliphatic hydroxyl groups excluding tert-OH is 1. The number of Topliss-reactive ketones (excluding diaryl/α,β-unsaturated/α-hetero) is 1. The smallest absolute Gasteiger partial charge is 0.337 e. The first kappa shape index (κ1) is 24.7. The van der Waals surface area contributed by atoms with Gasteiger partial charge in [0.15, 0.2) is 0 Å². The van der Waals surface area contributed by atoms with Crippen LogP contribution in [0, 0.1) is 0 Å². The molecule has 34 heavy (non-hydrogen) atoms. The Balaban J connectivity index is 2.04. The second-order valence-electron chi connectivity index (χ2n) is 7.58. The molecule has 8 heteroatoms. The van der Waals surface area contributed by atoms with E-state index in [0.717, 1.165) is 0 Å². The average Bonchev–Trinajstić information content (AvgIpc) is 3.12. The first-order valence-electron chi connectivity index (χ1n) is 10.7. The second kappa shape index (κ2) is 11.3. The third-order valence-corrected chi connectivity index (χ3v) is 5.43. The van der Waals surface area contributed by atoms with E-state index in [4.69, 9.17) is 14.2 Å². The van der Waals surface area contributed by atoms with Gasteiger partial charge in [-0.2, -0.15) is 0 Å². The zero-order valence-electron chi connectivity index (χ0n) is 19.2. The number of aliphatic hydroxyl groups is 1. The van der Waals surface area contributed by atoms with Gasteiger partial charge in [-0.1, -0.05) is 24.8 Å². The predicted molar refractivity (Wildman–Crippen MR) is 125 cm³/mol. The van der Waals surface area contributed by atoms with Crippen LogP contribution >= 0.6 is 0 Å². The maximum atomic E-state index is 13.0. The Morgan fingerprint density at radius 2 is 1.71 bits per heavy atom. The molecule has 1 N–H and O–H groups in total. The lowest BCUT2D eigenvalue weighted by Crippen LogP contribution is -2.31. The van der Waals surface area contributed by atoms with Crippen molar-refractivity contribution in [1.82, 2.24) is 4.90 Å². The van der Waals surface area contributed by atoms with Gasteiger partial charge in [0.1, 0.15) is 18.1 Å². The van der Waals surface area contributed by atoms with Crippen molar-refractivity contribution in [2.75, 3.05) is 34.0 Å². The Morgan fingerprint density at radius 3 is 2.29 bits per heavy atom. The number of amides is 1. The number of likely N-dealkylation sites (tertiary alicyclic amines) is 1. The van der Waals surface area contributed by atoms with Crippen LogP contribution in [0.1, 0.15) is 33.9 Å². The molecular formula is C26H27NO7. The lowest BCUT2D eigenvalue weighted by atomic mass is 9.94. The maximum absolute atomic E-state index is 13.0. The van der Waals surface area contributed by atoms with Gasteiger partial charge in [0.25, 0.3) is 11.7 Å². The standard InChI is InChI=1S/C26H27NO7/c1-4-15-34-20-12-10-18(11-13-20)23(28)21-22(17-6-8-19(9-7-17)26(31)33-3)27(14-5-16-32-2)25(30)24(21)29/h4,6-13,22,28H,1,5,14-16H2,2-3H3/t22-/m0/s1. The highest BCUT2D eigenvalue weighted by molar-refractivity contribution is 6.46. The van der Waals surface area contributed by atoms with Crippen molar-refractivity contribution in [2.24, 2.45) is 0 Å². The number of ketones is 1. The van der Waals surface area contributed by atoms with Crippen LogP contribution in [0.25, 0.3) is 5.76 Å². The third kappa shape index (κ3) is 5.18. The molecule has 8 nitrogen and oxygen atoms in total. The van der Waals surface area contributed by atoms with Gasteiger partial charge in [-0.05, 0) is 48.4 Å². The van der Waals surface area contributed by atoms with E-state index < -0.39 is 23.7 Å². The molecule has 0 aliphatic carbocycles. The monoisotopic (exact) mass is 465 g/mol. The van der Waals surface area contributed by atoms with E-state index in [-0.39, 0.29) is 17.9 Å². The molecule has 178 valence electrons. The molecule has 0 bridgehead atoms. The molecule has 3 rings (SSSR count). The van der Waals surface area contributed by atoms with E-state index in [0.29, 0.717) is 42.1 Å².